The Morgan fingerprint density at radius 2 is 1.62 bits per heavy atom. The maximum absolute atomic E-state index is 13.5. The molecule has 0 fully saturated rings. The van der Waals surface area contributed by atoms with Gasteiger partial charge in [-0.3, -0.25) is 9.69 Å². The zero-order valence-electron chi connectivity index (χ0n) is 22.8. The molecule has 2 aromatic heterocycles. The van der Waals surface area contributed by atoms with Crippen LogP contribution in [0.4, 0.5) is 4.39 Å². The Morgan fingerprint density at radius 3 is 2.33 bits per heavy atom. The Balaban J connectivity index is 1.52. The molecule has 0 unspecified atom stereocenters. The molecule has 0 radical (unpaired) electrons. The predicted octanol–water partition coefficient (Wildman–Crippen LogP) is 5.78. The number of nitrogens with one attached hydrogen (secondary N) is 1. The summed E-state index contributed by atoms with van der Waals surface area (Å²) in [5.41, 5.74) is 7.00. The highest BCUT2D eigenvalue weighted by atomic mass is 19.1. The van der Waals surface area contributed by atoms with Crippen molar-refractivity contribution in [3.63, 3.8) is 0 Å². The van der Waals surface area contributed by atoms with E-state index in [9.17, 15) is 9.18 Å². The lowest BCUT2D eigenvalue weighted by molar-refractivity contribution is 0.161. The number of aryl methyl sites for hydroxylation is 3. The van der Waals surface area contributed by atoms with Crippen LogP contribution in [-0.2, 0) is 19.6 Å². The van der Waals surface area contributed by atoms with E-state index in [0.717, 1.165) is 34.0 Å². The van der Waals surface area contributed by atoms with Crippen molar-refractivity contribution >= 4 is 10.9 Å². The van der Waals surface area contributed by atoms with E-state index in [1.165, 1.54) is 23.3 Å². The molecule has 39 heavy (non-hydrogen) atoms. The zero-order chi connectivity index (χ0) is 27.5. The number of aromatic amines is 1. The van der Waals surface area contributed by atoms with Crippen LogP contribution in [0.2, 0.25) is 0 Å². The Hall–Kier alpha value is -4.17. The number of tetrazole rings is 1. The molecule has 0 bridgehead atoms. The quantitative estimate of drug-likeness (QED) is 0.264. The molecule has 1 N–H and O–H groups in total. The first-order valence-corrected chi connectivity index (χ1v) is 13.2. The van der Waals surface area contributed by atoms with Gasteiger partial charge in [-0.05, 0) is 95.6 Å². The smallest absolute Gasteiger partial charge is 0.252 e. The number of hydrogen-bond donors (Lipinski definition) is 1. The molecular weight excluding hydrogens is 491 g/mol. The Labute approximate surface area is 227 Å². The lowest BCUT2D eigenvalue weighted by Gasteiger charge is -2.30. The number of pyridine rings is 1. The van der Waals surface area contributed by atoms with E-state index < -0.39 is 0 Å². The maximum Gasteiger partial charge on any atom is 0.252 e. The second-order valence-electron chi connectivity index (χ2n) is 10.3. The van der Waals surface area contributed by atoms with Crippen molar-refractivity contribution in [2.45, 2.75) is 59.8 Å². The van der Waals surface area contributed by atoms with Crippen molar-refractivity contribution in [3.8, 4) is 0 Å². The number of rotatable bonds is 9. The number of H-pyrrole nitrogens is 1. The molecule has 7 nitrogen and oxygen atoms in total. The molecule has 0 aliphatic heterocycles. The summed E-state index contributed by atoms with van der Waals surface area (Å²) < 4.78 is 15.2. The van der Waals surface area contributed by atoms with Gasteiger partial charge < -0.3 is 4.98 Å². The van der Waals surface area contributed by atoms with Gasteiger partial charge in [0.1, 0.15) is 5.82 Å². The van der Waals surface area contributed by atoms with Gasteiger partial charge in [-0.2, -0.15) is 0 Å². The standard InChI is InChI=1S/C31H33FN6O/c1-5-29(30-34-35-36-38(30)18-24-10-12-27(32)13-11-24)37(17-23-8-6-20(2)7-9-23)19-26-16-25-14-21(3)22(4)15-28(25)33-31(26)39/h6-16,29H,5,17-19H2,1-4H3,(H,33,39)/t29-/m1/s1. The third-order valence-electron chi connectivity index (χ3n) is 7.35. The van der Waals surface area contributed by atoms with E-state index in [1.807, 2.05) is 19.1 Å². The van der Waals surface area contributed by atoms with Crippen LogP contribution in [0.5, 0.6) is 0 Å². The molecule has 0 aliphatic carbocycles. The minimum Gasteiger partial charge on any atom is -0.322 e. The molecule has 0 spiro atoms. The second-order valence-corrected chi connectivity index (χ2v) is 10.3. The van der Waals surface area contributed by atoms with Crippen LogP contribution in [0, 0.1) is 26.6 Å². The van der Waals surface area contributed by atoms with E-state index in [0.29, 0.717) is 31.0 Å². The third-order valence-corrected chi connectivity index (χ3v) is 7.35. The van der Waals surface area contributed by atoms with Gasteiger partial charge >= 0.3 is 0 Å². The summed E-state index contributed by atoms with van der Waals surface area (Å²) in [7, 11) is 0. The zero-order valence-corrected chi connectivity index (χ0v) is 22.8. The summed E-state index contributed by atoms with van der Waals surface area (Å²) >= 11 is 0. The Morgan fingerprint density at radius 1 is 0.923 bits per heavy atom. The van der Waals surface area contributed by atoms with Gasteiger partial charge in [-0.25, -0.2) is 9.07 Å². The highest BCUT2D eigenvalue weighted by Gasteiger charge is 2.26. The maximum atomic E-state index is 13.5. The fraction of sp³-hybridized carbons (Fsp3) is 0.290. The summed E-state index contributed by atoms with van der Waals surface area (Å²) in [6.45, 7) is 9.76. The molecule has 200 valence electrons. The van der Waals surface area contributed by atoms with Gasteiger partial charge in [0.15, 0.2) is 5.82 Å². The van der Waals surface area contributed by atoms with E-state index >= 15 is 0 Å². The first-order valence-electron chi connectivity index (χ1n) is 13.2. The second kappa shape index (κ2) is 11.3. The average molecular weight is 525 g/mol. The monoisotopic (exact) mass is 524 g/mol. The highest BCUT2D eigenvalue weighted by Crippen LogP contribution is 2.27. The molecule has 0 saturated carbocycles. The molecule has 3 aromatic carbocycles. The van der Waals surface area contributed by atoms with E-state index in [1.54, 1.807) is 16.8 Å². The van der Waals surface area contributed by atoms with Gasteiger partial charge in [0.05, 0.1) is 12.6 Å². The first kappa shape index (κ1) is 26.4. The van der Waals surface area contributed by atoms with Gasteiger partial charge in [0, 0.05) is 24.2 Å². The van der Waals surface area contributed by atoms with Crippen LogP contribution in [0.3, 0.4) is 0 Å². The number of aromatic nitrogens is 5. The van der Waals surface area contributed by atoms with Crippen molar-refractivity contribution in [2.24, 2.45) is 0 Å². The number of hydrogen-bond acceptors (Lipinski definition) is 5. The minimum atomic E-state index is -0.280. The van der Waals surface area contributed by atoms with Crippen molar-refractivity contribution in [3.05, 3.63) is 122 Å². The molecule has 5 rings (SSSR count). The molecule has 1 atom stereocenters. The number of halogens is 1. The molecule has 0 amide bonds. The Bertz CT molecular complexity index is 1640. The molecule has 0 saturated heterocycles. The summed E-state index contributed by atoms with van der Waals surface area (Å²) in [6, 6.07) is 20.8. The highest BCUT2D eigenvalue weighted by molar-refractivity contribution is 5.80. The number of benzene rings is 3. The first-order chi connectivity index (χ1) is 18.8. The minimum absolute atomic E-state index is 0.0968. The van der Waals surface area contributed by atoms with Crippen LogP contribution < -0.4 is 5.56 Å². The third kappa shape index (κ3) is 5.96. The lowest BCUT2D eigenvalue weighted by Crippen LogP contribution is -2.32. The van der Waals surface area contributed by atoms with E-state index in [4.69, 9.17) is 0 Å². The molecule has 5 aromatic rings. The largest absolute Gasteiger partial charge is 0.322 e. The average Bonchev–Trinajstić information content (AvgIpc) is 3.36. The van der Waals surface area contributed by atoms with E-state index in [2.05, 4.69) is 76.5 Å². The summed E-state index contributed by atoms with van der Waals surface area (Å²) in [5, 5.41) is 13.7. The number of fused-ring (bicyclic) bond motifs is 1. The van der Waals surface area contributed by atoms with E-state index in [-0.39, 0.29) is 17.4 Å². The lowest BCUT2D eigenvalue weighted by atomic mass is 10.0. The Kier molecular flexibility index (Phi) is 7.65. The normalized spacial score (nSPS) is 12.4. The van der Waals surface area contributed by atoms with Crippen LogP contribution >= 0.6 is 0 Å². The van der Waals surface area contributed by atoms with Gasteiger partial charge in [0.2, 0.25) is 0 Å². The van der Waals surface area contributed by atoms with Crippen LogP contribution in [0.15, 0.2) is 71.5 Å². The SMILES string of the molecule is CC[C@H](c1nnnn1Cc1ccc(F)cc1)N(Cc1ccc(C)cc1)Cc1cc2cc(C)c(C)cc2[nH]c1=O. The van der Waals surface area contributed by atoms with Crippen molar-refractivity contribution in [1.82, 2.24) is 30.1 Å². The summed E-state index contributed by atoms with van der Waals surface area (Å²) in [4.78, 5) is 18.6. The van der Waals surface area contributed by atoms with Crippen LogP contribution in [-0.4, -0.2) is 30.1 Å². The molecule has 8 heteroatoms. The van der Waals surface area contributed by atoms with Crippen LogP contribution in [0.1, 0.15) is 58.6 Å². The van der Waals surface area contributed by atoms with Crippen molar-refractivity contribution in [2.75, 3.05) is 0 Å². The van der Waals surface area contributed by atoms with Crippen molar-refractivity contribution in [1.29, 1.82) is 0 Å². The van der Waals surface area contributed by atoms with Gasteiger partial charge in [0.25, 0.3) is 5.56 Å². The van der Waals surface area contributed by atoms with Crippen LogP contribution in [0.25, 0.3) is 10.9 Å². The molecule has 0 aliphatic rings. The fourth-order valence-corrected chi connectivity index (χ4v) is 4.99. The topological polar surface area (TPSA) is 79.7 Å². The number of nitrogens with zero attached hydrogens (tertiary/aromatic N) is 5. The molecular formula is C31H33FN6O. The van der Waals surface area contributed by atoms with Gasteiger partial charge in [-0.1, -0.05) is 48.9 Å². The molecule has 2 heterocycles. The summed E-state index contributed by atoms with van der Waals surface area (Å²) in [5.74, 6) is 0.426. The van der Waals surface area contributed by atoms with Crippen molar-refractivity contribution < 1.29 is 4.39 Å². The fourth-order valence-electron chi connectivity index (χ4n) is 4.99. The van der Waals surface area contributed by atoms with Gasteiger partial charge in [-0.15, -0.1) is 5.10 Å². The predicted molar refractivity (Wildman–Crippen MR) is 151 cm³/mol. The summed E-state index contributed by atoms with van der Waals surface area (Å²) in [6.07, 6.45) is 0.736.